The zero-order valence-corrected chi connectivity index (χ0v) is 66.8. The first kappa shape index (κ1) is 85.5. The molecule has 0 saturated heterocycles. The molecule has 4 aliphatic carbocycles. The van der Waals surface area contributed by atoms with Crippen LogP contribution in [0.5, 0.6) is 11.5 Å². The van der Waals surface area contributed by atoms with E-state index >= 15 is 0 Å². The summed E-state index contributed by atoms with van der Waals surface area (Å²) >= 11 is 16.0. The van der Waals surface area contributed by atoms with E-state index in [9.17, 15) is 62.3 Å². The Morgan fingerprint density at radius 1 is 0.703 bits per heavy atom. The van der Waals surface area contributed by atoms with Gasteiger partial charge in [-0.3, -0.25) is 48.2 Å². The number of nitrogens with one attached hydrogen (secondary N) is 4. The topological polar surface area (TPSA) is 398 Å². The lowest BCUT2D eigenvalue weighted by Gasteiger charge is -2.69. The van der Waals surface area contributed by atoms with Crippen LogP contribution in [-0.2, 0) is 77.9 Å². The molecule has 0 spiro atoms. The molecule has 111 heavy (non-hydrogen) atoms. The molecule has 3 saturated carbocycles. The van der Waals surface area contributed by atoms with Gasteiger partial charge in [0.05, 0.1) is 106 Å². The van der Waals surface area contributed by atoms with Gasteiger partial charge in [0.2, 0.25) is 23.6 Å². The molecule has 2 bridgehead atoms. The van der Waals surface area contributed by atoms with E-state index in [2.05, 4.69) is 21.3 Å². The number of hydrogen-bond acceptors (Lipinski definition) is 22. The van der Waals surface area contributed by atoms with E-state index in [1.54, 1.807) is 55.1 Å². The van der Waals surface area contributed by atoms with Gasteiger partial charge in [0, 0.05) is 110 Å². The number of amides is 10. The molecular weight excluding hydrogens is 1540 g/mol. The molecule has 10 amide bonds. The standard InChI is InChI=1S/C75H96Cl2N9O22PS2/c1-44(2)64(82-57(87)15-20-100-22-24-102-26-28-104-30-31-105-29-27-103-25-23-101-21-19-85-58(88)13-14-59(85)89)69(92)81-53(8-7-16-79-71(78)94)68(91)80-50-11-9-47(10-12-50)38-106-72(95)83(5)17-18-84(6)73(96)107-55-34-54-63(61-46(4)40-110-65(55)61)49(36-77)37-86(54)70(93)75-41-74(42-75,43-75)67(90)52-32-48(35-76)62-51(52)33-56(108-109(97,98)99)66-60(62)45(3)39-111-66/h9-14,33-34,39-40,44,48-49,52-53,64H,7-8,15-32,35-38,41-43H2,1-6H3,(H,80,91)(H,81,92)(H,82,87)(H3,78,79,94)(H2,97,98,99)/t48-,49+,52?,53-,64-,74?,75?/m0/s1. The van der Waals surface area contributed by atoms with Gasteiger partial charge in [0.1, 0.15) is 30.2 Å². The van der Waals surface area contributed by atoms with Gasteiger partial charge in [-0.25, -0.2) is 18.9 Å². The summed E-state index contributed by atoms with van der Waals surface area (Å²) in [6.45, 7) is 11.3. The second-order valence-corrected chi connectivity index (χ2v) is 32.2. The zero-order chi connectivity index (χ0) is 79.9. The molecule has 3 fully saturated rings. The van der Waals surface area contributed by atoms with E-state index in [-0.39, 0.29) is 150 Å². The molecule has 31 nitrogen and oxygen atoms in total. The third-order valence-corrected chi connectivity index (χ3v) is 23.8. The van der Waals surface area contributed by atoms with E-state index in [4.69, 9.17) is 71.4 Å². The first-order valence-electron chi connectivity index (χ1n) is 36.7. The fourth-order valence-electron chi connectivity index (χ4n) is 14.8. The highest BCUT2D eigenvalue weighted by atomic mass is 35.5. The highest BCUT2D eigenvalue weighted by molar-refractivity contribution is 7.46. The Bertz CT molecular complexity index is 4290. The summed E-state index contributed by atoms with van der Waals surface area (Å²) in [5.74, 6) is -3.23. The Balaban J connectivity index is 0.631. The number of likely N-dealkylation sites (N-methyl/N-ethyl adjacent to an activating group) is 2. The minimum absolute atomic E-state index is 0.0139. The monoisotopic (exact) mass is 1640 g/mol. The number of nitrogens with two attached hydrogens (primary N) is 1. The molecule has 2 aromatic heterocycles. The van der Waals surface area contributed by atoms with Crippen LogP contribution < -0.4 is 41.2 Å². The van der Waals surface area contributed by atoms with Gasteiger partial charge in [-0.2, -0.15) is 0 Å². The number of phosphoric ester groups is 1. The number of aryl methyl sites for hydroxylation is 2. The molecule has 11 rings (SSSR count). The van der Waals surface area contributed by atoms with E-state index in [0.717, 1.165) is 37.9 Å². The van der Waals surface area contributed by atoms with E-state index in [1.807, 2.05) is 24.6 Å². The van der Waals surface area contributed by atoms with Crippen LogP contribution in [0, 0.1) is 30.6 Å². The minimum Gasteiger partial charge on any atom is -0.445 e. The molecule has 4 heterocycles. The average Bonchev–Trinajstić information content (AvgIpc) is 1.57. The van der Waals surface area contributed by atoms with E-state index in [0.29, 0.717) is 110 Å². The molecule has 6 aliphatic rings. The summed E-state index contributed by atoms with van der Waals surface area (Å²) in [5.41, 5.74) is 9.40. The summed E-state index contributed by atoms with van der Waals surface area (Å²) in [6, 6.07) is 6.88. The molecule has 5 atom stereocenters. The predicted molar refractivity (Wildman–Crippen MR) is 414 cm³/mol. The number of ether oxygens (including phenoxy) is 8. The number of urea groups is 1. The number of phosphoric acid groups is 1. The van der Waals surface area contributed by atoms with Gasteiger partial charge in [0.25, 0.3) is 11.8 Å². The Hall–Kier alpha value is -7.89. The Kier molecular flexibility index (Phi) is 29.9. The van der Waals surface area contributed by atoms with Crippen LogP contribution in [0.3, 0.4) is 0 Å². The van der Waals surface area contributed by atoms with Crippen molar-refractivity contribution in [1.82, 2.24) is 30.7 Å². The predicted octanol–water partition coefficient (Wildman–Crippen LogP) is 8.25. The second kappa shape index (κ2) is 38.8. The first-order valence-corrected chi connectivity index (χ1v) is 41.1. The van der Waals surface area contributed by atoms with E-state index < -0.39 is 72.6 Å². The highest BCUT2D eigenvalue weighted by Crippen LogP contribution is 2.76. The number of anilines is 2. The van der Waals surface area contributed by atoms with Crippen molar-refractivity contribution in [2.45, 2.75) is 109 Å². The number of carbonyl (C=O) groups excluding carboxylic acids is 10. The summed E-state index contributed by atoms with van der Waals surface area (Å²) in [5, 5.41) is 16.3. The normalized spacial score (nSPS) is 19.3. The van der Waals surface area contributed by atoms with Crippen molar-refractivity contribution < 1.29 is 105 Å². The number of imide groups is 1. The highest BCUT2D eigenvalue weighted by Gasteiger charge is 2.76. The Morgan fingerprint density at radius 2 is 1.25 bits per heavy atom. The van der Waals surface area contributed by atoms with Crippen molar-refractivity contribution in [2.24, 2.45) is 22.5 Å². The van der Waals surface area contributed by atoms with Gasteiger partial charge < -0.3 is 84.1 Å². The van der Waals surface area contributed by atoms with Gasteiger partial charge in [0.15, 0.2) is 5.75 Å². The van der Waals surface area contributed by atoms with Crippen molar-refractivity contribution in [1.29, 1.82) is 0 Å². The fourth-order valence-corrected chi connectivity index (χ4v) is 17.8. The quantitative estimate of drug-likeness (QED) is 0.00834. The van der Waals surface area contributed by atoms with Crippen LogP contribution in [0.2, 0.25) is 0 Å². The molecule has 5 aromatic rings. The van der Waals surface area contributed by atoms with Crippen molar-refractivity contribution >= 4 is 145 Å². The van der Waals surface area contributed by atoms with Crippen LogP contribution in [0.25, 0.3) is 20.2 Å². The molecule has 36 heteroatoms. The lowest BCUT2D eigenvalue weighted by molar-refractivity contribution is -0.206. The molecule has 8 N–H and O–H groups in total. The molecule has 1 unspecified atom stereocenters. The maximum Gasteiger partial charge on any atom is 0.524 e. The van der Waals surface area contributed by atoms with Crippen molar-refractivity contribution in [3.05, 3.63) is 92.7 Å². The van der Waals surface area contributed by atoms with Crippen molar-refractivity contribution in [2.75, 3.05) is 148 Å². The number of hydrogen-bond donors (Lipinski definition) is 7. The molecule has 3 aromatic carbocycles. The SMILES string of the molecule is Cc1csc2c(OP(=O)(O)O)cc3c(c12)[C@H](CCl)CC3C(=O)C12CC(C(=O)N3C[C@@H](CCl)c4c3cc(OC(=O)N(C)CCN(C)C(=O)OCc3ccc(NC(=O)[C@H](CCCNC(N)=O)NC(=O)[C@@H](NC(=O)CCOCCOCCOCCOCCOCCOCCN5C(=O)C=CC5=O)C(C)C)cc3)c3scc(C)c43)(C1)C2. The number of fused-ring (bicyclic) bond motifs is 6. The van der Waals surface area contributed by atoms with Gasteiger partial charge in [-0.1, -0.05) is 26.0 Å². The van der Waals surface area contributed by atoms with Crippen LogP contribution in [0.1, 0.15) is 110 Å². The summed E-state index contributed by atoms with van der Waals surface area (Å²) in [6.07, 6.45) is 2.75. The fraction of sp³-hybridized carbons (Fsp3) is 0.547. The summed E-state index contributed by atoms with van der Waals surface area (Å²) < 4.78 is 63.3. The van der Waals surface area contributed by atoms with Crippen LogP contribution >= 0.6 is 53.7 Å². The molecule has 0 radical (unpaired) electrons. The van der Waals surface area contributed by atoms with Crippen LogP contribution in [-0.4, -0.2) is 234 Å². The molecule has 2 aliphatic heterocycles. The number of rotatable bonds is 44. The van der Waals surface area contributed by atoms with E-state index in [1.165, 1.54) is 58.7 Å². The zero-order valence-electron chi connectivity index (χ0n) is 62.8. The minimum atomic E-state index is -4.95. The number of Topliss-reactive ketones (excluding diaryl/α,β-unsaturated/α-hetero) is 1. The third-order valence-electron chi connectivity index (χ3n) is 20.4. The second-order valence-electron chi connectivity index (χ2n) is 28.7. The number of thiophene rings is 2. The third kappa shape index (κ3) is 21.1. The van der Waals surface area contributed by atoms with Crippen LogP contribution in [0.15, 0.2) is 59.3 Å². The summed E-state index contributed by atoms with van der Waals surface area (Å²) in [7, 11) is -1.91. The smallest absolute Gasteiger partial charge is 0.445 e. The molecular formula is C75H96Cl2N9O22PS2. The maximum atomic E-state index is 15.0. The summed E-state index contributed by atoms with van der Waals surface area (Å²) in [4.78, 5) is 157. The maximum absolute atomic E-state index is 15.0. The largest absolute Gasteiger partial charge is 0.524 e. The number of primary amides is 1. The number of benzene rings is 3. The average molecular weight is 1640 g/mol. The van der Waals surface area contributed by atoms with Crippen molar-refractivity contribution in [3.8, 4) is 11.5 Å². The Labute approximate surface area is 660 Å². The number of carbonyl (C=O) groups is 10. The van der Waals surface area contributed by atoms with Crippen molar-refractivity contribution in [3.63, 3.8) is 0 Å². The molecule has 604 valence electrons. The number of ketones is 1. The lowest BCUT2D eigenvalue weighted by atomic mass is 9.33. The first-order chi connectivity index (χ1) is 53.1. The Morgan fingerprint density at radius 3 is 1.81 bits per heavy atom. The van der Waals surface area contributed by atoms with Gasteiger partial charge in [-0.15, -0.1) is 45.9 Å². The number of alkyl halides is 2. The van der Waals surface area contributed by atoms with Crippen LogP contribution in [0.4, 0.5) is 25.8 Å². The van der Waals surface area contributed by atoms with Gasteiger partial charge in [-0.05, 0) is 127 Å². The van der Waals surface area contributed by atoms with Gasteiger partial charge >= 0.3 is 26.0 Å². The lowest BCUT2D eigenvalue weighted by Crippen LogP contribution is -2.71. The number of nitrogens with zero attached hydrogens (tertiary/aromatic N) is 4. The number of halogens is 2.